The molecule has 1 heterocycles. The third-order valence-corrected chi connectivity index (χ3v) is 3.80. The van der Waals surface area contributed by atoms with Gasteiger partial charge in [-0.1, -0.05) is 15.9 Å². The highest BCUT2D eigenvalue weighted by Crippen LogP contribution is 2.23. The lowest BCUT2D eigenvalue weighted by atomic mass is 10.0. The summed E-state index contributed by atoms with van der Waals surface area (Å²) in [7, 11) is 0. The van der Waals surface area contributed by atoms with Crippen LogP contribution in [0.2, 0.25) is 0 Å². The number of nitrogens with one attached hydrogen (secondary N) is 1. The third-order valence-electron chi connectivity index (χ3n) is 3.27. The fraction of sp³-hybridized carbons (Fsp3) is 0.500. The molecule has 1 aliphatic rings. The van der Waals surface area contributed by atoms with Crippen LogP contribution in [-0.2, 0) is 9.53 Å². The van der Waals surface area contributed by atoms with Crippen LogP contribution in [0.4, 0.5) is 10.5 Å². The Balaban J connectivity index is 2.04. The normalized spacial score (nSPS) is 19.0. The molecule has 120 valence electrons. The number of hydrogen-bond donors (Lipinski definition) is 1. The van der Waals surface area contributed by atoms with Crippen LogP contribution in [0.1, 0.15) is 33.6 Å². The first-order chi connectivity index (χ1) is 10.3. The summed E-state index contributed by atoms with van der Waals surface area (Å²) in [6.07, 6.45) is 0.913. The Morgan fingerprint density at radius 2 is 1.95 bits per heavy atom. The molecule has 1 unspecified atom stereocenters. The van der Waals surface area contributed by atoms with E-state index in [4.69, 9.17) is 4.74 Å². The van der Waals surface area contributed by atoms with E-state index in [-0.39, 0.29) is 5.91 Å². The lowest BCUT2D eigenvalue weighted by Crippen LogP contribution is -2.53. The first-order valence-corrected chi connectivity index (χ1v) is 8.12. The minimum absolute atomic E-state index is 0.0977. The summed E-state index contributed by atoms with van der Waals surface area (Å²) in [5.41, 5.74) is 0.261. The van der Waals surface area contributed by atoms with Crippen molar-refractivity contribution >= 4 is 33.6 Å². The molecule has 1 N–H and O–H groups in total. The number of ether oxygens (including phenoxy) is 1. The van der Waals surface area contributed by atoms with Crippen LogP contribution in [0, 0.1) is 0 Å². The summed E-state index contributed by atoms with van der Waals surface area (Å²) in [5.74, 6) is -0.0977. The largest absolute Gasteiger partial charge is 0.444 e. The second-order valence-corrected chi connectivity index (χ2v) is 7.22. The minimum atomic E-state index is -0.576. The fourth-order valence-electron chi connectivity index (χ4n) is 2.34. The SMILES string of the molecule is CC(C)(C)OC(=O)NC1CCCN(c2ccc(Br)cc2)C1=O. The molecule has 1 fully saturated rings. The van der Waals surface area contributed by atoms with E-state index < -0.39 is 17.7 Å². The lowest BCUT2D eigenvalue weighted by molar-refractivity contribution is -0.121. The van der Waals surface area contributed by atoms with Gasteiger partial charge in [-0.25, -0.2) is 4.79 Å². The molecule has 0 saturated carbocycles. The Hall–Kier alpha value is -1.56. The van der Waals surface area contributed by atoms with Gasteiger partial charge in [0.1, 0.15) is 11.6 Å². The van der Waals surface area contributed by atoms with E-state index in [2.05, 4.69) is 21.2 Å². The Kier molecular flexibility index (Phi) is 5.11. The monoisotopic (exact) mass is 368 g/mol. The Morgan fingerprint density at radius 3 is 2.55 bits per heavy atom. The van der Waals surface area contributed by atoms with Gasteiger partial charge in [-0.2, -0.15) is 0 Å². The average molecular weight is 369 g/mol. The van der Waals surface area contributed by atoms with Gasteiger partial charge >= 0.3 is 6.09 Å². The number of amides is 2. The van der Waals surface area contributed by atoms with Gasteiger partial charge in [0, 0.05) is 16.7 Å². The molecule has 0 aromatic heterocycles. The van der Waals surface area contributed by atoms with Crippen molar-refractivity contribution in [2.24, 2.45) is 0 Å². The van der Waals surface area contributed by atoms with Gasteiger partial charge in [-0.15, -0.1) is 0 Å². The number of alkyl carbamates (subject to hydrolysis) is 1. The van der Waals surface area contributed by atoms with E-state index in [9.17, 15) is 9.59 Å². The molecule has 0 spiro atoms. The van der Waals surface area contributed by atoms with Crippen LogP contribution >= 0.6 is 15.9 Å². The molecule has 22 heavy (non-hydrogen) atoms. The number of hydrogen-bond acceptors (Lipinski definition) is 3. The van der Waals surface area contributed by atoms with E-state index in [0.717, 1.165) is 16.6 Å². The molecule has 6 heteroatoms. The molecule has 1 saturated heterocycles. The highest BCUT2D eigenvalue weighted by atomic mass is 79.9. The van der Waals surface area contributed by atoms with Gasteiger partial charge in [0.15, 0.2) is 0 Å². The third kappa shape index (κ3) is 4.47. The van der Waals surface area contributed by atoms with Gasteiger partial charge in [-0.05, 0) is 57.9 Å². The maximum atomic E-state index is 12.6. The number of rotatable bonds is 2. The Bertz CT molecular complexity index is 552. The molecule has 0 radical (unpaired) electrons. The number of piperidine rings is 1. The minimum Gasteiger partial charge on any atom is -0.444 e. The van der Waals surface area contributed by atoms with Gasteiger partial charge in [0.25, 0.3) is 0 Å². The molecule has 1 atom stereocenters. The van der Waals surface area contributed by atoms with Crippen molar-refractivity contribution in [1.29, 1.82) is 0 Å². The molecular formula is C16H21BrN2O3. The number of anilines is 1. The standard InChI is InChI=1S/C16H21BrN2O3/c1-16(2,3)22-15(21)18-13-5-4-10-19(14(13)20)12-8-6-11(17)7-9-12/h6-9,13H,4-5,10H2,1-3H3,(H,18,21). The van der Waals surface area contributed by atoms with Crippen molar-refractivity contribution in [2.45, 2.75) is 45.3 Å². The van der Waals surface area contributed by atoms with E-state index >= 15 is 0 Å². The molecule has 0 bridgehead atoms. The number of carbonyl (C=O) groups is 2. The van der Waals surface area contributed by atoms with Crippen molar-refractivity contribution in [3.63, 3.8) is 0 Å². The van der Waals surface area contributed by atoms with Crippen molar-refractivity contribution in [2.75, 3.05) is 11.4 Å². The van der Waals surface area contributed by atoms with Crippen LogP contribution in [0.25, 0.3) is 0 Å². The summed E-state index contributed by atoms with van der Waals surface area (Å²) < 4.78 is 6.18. The molecule has 1 aromatic carbocycles. The molecule has 0 aliphatic carbocycles. The van der Waals surface area contributed by atoms with Crippen LogP contribution < -0.4 is 10.2 Å². The van der Waals surface area contributed by atoms with Crippen LogP contribution in [0.15, 0.2) is 28.7 Å². The Labute approximate surface area is 139 Å². The summed E-state index contributed by atoms with van der Waals surface area (Å²) >= 11 is 3.38. The van der Waals surface area contributed by atoms with Gasteiger partial charge in [-0.3, -0.25) is 4.79 Å². The van der Waals surface area contributed by atoms with Crippen molar-refractivity contribution < 1.29 is 14.3 Å². The fourth-order valence-corrected chi connectivity index (χ4v) is 2.60. The number of halogens is 1. The highest BCUT2D eigenvalue weighted by Gasteiger charge is 2.32. The van der Waals surface area contributed by atoms with Crippen LogP contribution in [0.5, 0.6) is 0 Å². The lowest BCUT2D eigenvalue weighted by Gasteiger charge is -2.33. The van der Waals surface area contributed by atoms with Crippen LogP contribution in [-0.4, -0.2) is 30.2 Å². The highest BCUT2D eigenvalue weighted by molar-refractivity contribution is 9.10. The summed E-state index contributed by atoms with van der Waals surface area (Å²) in [5, 5.41) is 2.67. The van der Waals surface area contributed by atoms with E-state index in [1.807, 2.05) is 24.3 Å². The van der Waals surface area contributed by atoms with Gasteiger partial charge < -0.3 is 15.0 Å². The molecule has 2 rings (SSSR count). The zero-order valence-corrected chi connectivity index (χ0v) is 14.6. The predicted molar refractivity (Wildman–Crippen MR) is 88.9 cm³/mol. The summed E-state index contributed by atoms with van der Waals surface area (Å²) in [6, 6.07) is 7.03. The molecule has 5 nitrogen and oxygen atoms in total. The Morgan fingerprint density at radius 1 is 1.32 bits per heavy atom. The predicted octanol–water partition coefficient (Wildman–Crippen LogP) is 3.47. The number of nitrogens with zero attached hydrogens (tertiary/aromatic N) is 1. The zero-order chi connectivity index (χ0) is 16.3. The topological polar surface area (TPSA) is 58.6 Å². The number of carbonyl (C=O) groups excluding carboxylic acids is 2. The molecule has 1 aliphatic heterocycles. The molecule has 1 aromatic rings. The second-order valence-electron chi connectivity index (χ2n) is 6.31. The van der Waals surface area contributed by atoms with Gasteiger partial charge in [0.2, 0.25) is 5.91 Å². The maximum absolute atomic E-state index is 12.6. The molecule has 2 amide bonds. The van der Waals surface area contributed by atoms with Gasteiger partial charge in [0.05, 0.1) is 0 Å². The number of benzene rings is 1. The average Bonchev–Trinajstić information content (AvgIpc) is 2.40. The van der Waals surface area contributed by atoms with E-state index in [0.29, 0.717) is 13.0 Å². The first kappa shape index (κ1) is 16.8. The zero-order valence-electron chi connectivity index (χ0n) is 13.1. The summed E-state index contributed by atoms with van der Waals surface area (Å²) in [4.78, 5) is 26.1. The van der Waals surface area contributed by atoms with Crippen molar-refractivity contribution in [1.82, 2.24) is 5.32 Å². The quantitative estimate of drug-likeness (QED) is 0.869. The second kappa shape index (κ2) is 6.69. The van der Waals surface area contributed by atoms with Crippen molar-refractivity contribution in [3.05, 3.63) is 28.7 Å². The molecular weight excluding hydrogens is 348 g/mol. The van der Waals surface area contributed by atoms with E-state index in [1.54, 1.807) is 25.7 Å². The smallest absolute Gasteiger partial charge is 0.408 e. The summed E-state index contributed by atoms with van der Waals surface area (Å²) in [6.45, 7) is 6.04. The first-order valence-electron chi connectivity index (χ1n) is 7.33. The van der Waals surface area contributed by atoms with Crippen LogP contribution in [0.3, 0.4) is 0 Å². The maximum Gasteiger partial charge on any atom is 0.408 e. The van der Waals surface area contributed by atoms with E-state index in [1.165, 1.54) is 0 Å². The van der Waals surface area contributed by atoms with Crippen molar-refractivity contribution in [3.8, 4) is 0 Å².